The molecule has 0 atom stereocenters. The molecule has 7 nitrogen and oxygen atoms in total. The van der Waals surface area contributed by atoms with Crippen LogP contribution in [0.25, 0.3) is 0 Å². The molecule has 0 heterocycles. The van der Waals surface area contributed by atoms with Crippen molar-refractivity contribution in [1.29, 1.82) is 0 Å². The van der Waals surface area contributed by atoms with Gasteiger partial charge in [-0.25, -0.2) is 8.78 Å². The van der Waals surface area contributed by atoms with Gasteiger partial charge in [0.25, 0.3) is 11.8 Å². The topological polar surface area (TPSA) is 85.9 Å². The molecule has 33 heavy (non-hydrogen) atoms. The molecule has 0 fully saturated rings. The first-order valence-electron chi connectivity index (χ1n) is 9.79. The second-order valence-electron chi connectivity index (χ2n) is 6.85. The Kier molecular flexibility index (Phi) is 7.45. The van der Waals surface area contributed by atoms with Crippen LogP contribution in [0, 0.1) is 11.6 Å². The van der Waals surface area contributed by atoms with Gasteiger partial charge in [0, 0.05) is 16.7 Å². The van der Waals surface area contributed by atoms with Crippen molar-refractivity contribution in [2.75, 3.05) is 21.3 Å². The van der Waals surface area contributed by atoms with Crippen LogP contribution >= 0.6 is 0 Å². The molecule has 0 unspecified atom stereocenters. The van der Waals surface area contributed by atoms with Crippen molar-refractivity contribution in [1.82, 2.24) is 10.6 Å². The van der Waals surface area contributed by atoms with Crippen molar-refractivity contribution >= 4 is 11.8 Å². The average molecular weight is 456 g/mol. The fraction of sp³-hybridized carbons (Fsp3) is 0.167. The summed E-state index contributed by atoms with van der Waals surface area (Å²) in [6.07, 6.45) is -1.05. The fourth-order valence-corrected chi connectivity index (χ4v) is 3.10. The summed E-state index contributed by atoms with van der Waals surface area (Å²) in [4.78, 5) is 25.6. The fourth-order valence-electron chi connectivity index (χ4n) is 3.10. The first-order valence-corrected chi connectivity index (χ1v) is 9.79. The van der Waals surface area contributed by atoms with E-state index in [9.17, 15) is 18.4 Å². The number of halogens is 2. The predicted molar refractivity (Wildman–Crippen MR) is 117 cm³/mol. The molecule has 0 radical (unpaired) electrons. The van der Waals surface area contributed by atoms with Gasteiger partial charge in [0.2, 0.25) is 5.75 Å². The summed E-state index contributed by atoms with van der Waals surface area (Å²) >= 11 is 0. The second kappa shape index (κ2) is 10.4. The van der Waals surface area contributed by atoms with E-state index < -0.39 is 29.6 Å². The second-order valence-corrected chi connectivity index (χ2v) is 6.85. The van der Waals surface area contributed by atoms with Crippen LogP contribution in [0.4, 0.5) is 8.78 Å². The third-order valence-corrected chi connectivity index (χ3v) is 4.78. The molecule has 9 heteroatoms. The lowest BCUT2D eigenvalue weighted by molar-refractivity contribution is 0.0883. The van der Waals surface area contributed by atoms with Gasteiger partial charge in [-0.3, -0.25) is 9.59 Å². The molecule has 0 saturated heterocycles. The maximum absolute atomic E-state index is 13.2. The van der Waals surface area contributed by atoms with Crippen molar-refractivity contribution in [3.05, 3.63) is 89.0 Å². The van der Waals surface area contributed by atoms with Crippen molar-refractivity contribution in [2.24, 2.45) is 0 Å². The third-order valence-electron chi connectivity index (χ3n) is 4.78. The first-order chi connectivity index (χ1) is 15.9. The molecule has 2 amide bonds. The van der Waals surface area contributed by atoms with Crippen LogP contribution in [0.3, 0.4) is 0 Å². The summed E-state index contributed by atoms with van der Waals surface area (Å²) in [5, 5.41) is 5.40. The summed E-state index contributed by atoms with van der Waals surface area (Å²) in [6.45, 7) is 0. The molecular weight excluding hydrogens is 434 g/mol. The van der Waals surface area contributed by atoms with E-state index in [2.05, 4.69) is 10.6 Å². The van der Waals surface area contributed by atoms with Gasteiger partial charge in [-0.2, -0.15) is 0 Å². The van der Waals surface area contributed by atoms with Gasteiger partial charge in [0.15, 0.2) is 11.5 Å². The van der Waals surface area contributed by atoms with E-state index in [0.717, 1.165) is 24.3 Å². The summed E-state index contributed by atoms with van der Waals surface area (Å²) in [6, 6.07) is 13.0. The summed E-state index contributed by atoms with van der Waals surface area (Å²) in [5.74, 6) is -1.15. The Morgan fingerprint density at radius 1 is 0.697 bits per heavy atom. The Morgan fingerprint density at radius 3 is 1.42 bits per heavy atom. The number of hydrogen-bond acceptors (Lipinski definition) is 5. The van der Waals surface area contributed by atoms with E-state index in [1.165, 1.54) is 45.6 Å². The van der Waals surface area contributed by atoms with Gasteiger partial charge >= 0.3 is 0 Å². The number of nitrogens with one attached hydrogen (secondary N) is 2. The molecule has 172 valence electrons. The number of rotatable bonds is 8. The minimum absolute atomic E-state index is 0.185. The highest BCUT2D eigenvalue weighted by molar-refractivity contribution is 5.96. The molecule has 0 aliphatic carbocycles. The van der Waals surface area contributed by atoms with Crippen molar-refractivity contribution in [3.63, 3.8) is 0 Å². The Labute approximate surface area is 189 Å². The lowest BCUT2D eigenvalue weighted by Gasteiger charge is -2.23. The van der Waals surface area contributed by atoms with Crippen LogP contribution in [0.15, 0.2) is 60.7 Å². The largest absolute Gasteiger partial charge is 0.493 e. The van der Waals surface area contributed by atoms with E-state index in [-0.39, 0.29) is 11.1 Å². The molecule has 3 aromatic carbocycles. The maximum Gasteiger partial charge on any atom is 0.253 e. The standard InChI is InChI=1S/C24H22F2N2O5/c1-31-19-12-16(13-20(32-2)21(19)33-3)22(27-23(29)14-4-8-17(25)9-5-14)28-24(30)15-6-10-18(26)11-7-15/h4-13,22H,1-3H3,(H,27,29)(H,28,30). The Morgan fingerprint density at radius 2 is 1.09 bits per heavy atom. The number of hydrogen-bond donors (Lipinski definition) is 2. The number of carbonyl (C=O) groups is 2. The molecule has 3 rings (SSSR count). The molecule has 0 aromatic heterocycles. The Balaban J connectivity index is 1.98. The molecule has 0 bridgehead atoms. The van der Waals surface area contributed by atoms with Crippen LogP contribution in [0.5, 0.6) is 17.2 Å². The minimum Gasteiger partial charge on any atom is -0.493 e. The molecular formula is C24H22F2N2O5. The molecule has 0 aliphatic rings. The SMILES string of the molecule is COc1cc(C(NC(=O)c2ccc(F)cc2)NC(=O)c2ccc(F)cc2)cc(OC)c1OC. The minimum atomic E-state index is -1.05. The molecule has 0 saturated carbocycles. The zero-order valence-corrected chi connectivity index (χ0v) is 18.1. The molecule has 3 aromatic rings. The lowest BCUT2D eigenvalue weighted by Crippen LogP contribution is -2.41. The van der Waals surface area contributed by atoms with E-state index in [1.54, 1.807) is 12.1 Å². The van der Waals surface area contributed by atoms with E-state index in [1.807, 2.05) is 0 Å². The lowest BCUT2D eigenvalue weighted by atomic mass is 10.1. The van der Waals surface area contributed by atoms with E-state index >= 15 is 0 Å². The highest BCUT2D eigenvalue weighted by atomic mass is 19.1. The van der Waals surface area contributed by atoms with E-state index in [0.29, 0.717) is 22.8 Å². The van der Waals surface area contributed by atoms with Crippen LogP contribution in [-0.4, -0.2) is 33.1 Å². The van der Waals surface area contributed by atoms with Gasteiger partial charge in [0.05, 0.1) is 21.3 Å². The van der Waals surface area contributed by atoms with Crippen LogP contribution in [-0.2, 0) is 0 Å². The number of methoxy groups -OCH3 is 3. The summed E-state index contributed by atoms with van der Waals surface area (Å²) < 4.78 is 42.5. The van der Waals surface area contributed by atoms with Crippen molar-refractivity contribution < 1.29 is 32.6 Å². The number of benzene rings is 3. The number of carbonyl (C=O) groups excluding carboxylic acids is 2. The van der Waals surface area contributed by atoms with Gasteiger partial charge in [-0.1, -0.05) is 0 Å². The quantitative estimate of drug-likeness (QED) is 0.503. The van der Waals surface area contributed by atoms with Gasteiger partial charge < -0.3 is 24.8 Å². The monoisotopic (exact) mass is 456 g/mol. The molecule has 2 N–H and O–H groups in total. The predicted octanol–water partition coefficient (Wildman–Crippen LogP) is 3.85. The van der Waals surface area contributed by atoms with Crippen LogP contribution in [0.2, 0.25) is 0 Å². The van der Waals surface area contributed by atoms with Crippen molar-refractivity contribution in [3.8, 4) is 17.2 Å². The molecule has 0 aliphatic heterocycles. The number of ether oxygens (including phenoxy) is 3. The zero-order chi connectivity index (χ0) is 24.0. The van der Waals surface area contributed by atoms with Crippen LogP contribution < -0.4 is 24.8 Å². The third kappa shape index (κ3) is 5.57. The summed E-state index contributed by atoms with van der Waals surface area (Å²) in [7, 11) is 4.32. The molecule has 0 spiro atoms. The Bertz CT molecular complexity index is 1050. The van der Waals surface area contributed by atoms with Crippen molar-refractivity contribution in [2.45, 2.75) is 6.17 Å². The van der Waals surface area contributed by atoms with E-state index in [4.69, 9.17) is 14.2 Å². The smallest absolute Gasteiger partial charge is 0.253 e. The van der Waals surface area contributed by atoms with Gasteiger partial charge in [-0.05, 0) is 60.7 Å². The normalized spacial score (nSPS) is 10.5. The van der Waals surface area contributed by atoms with Gasteiger partial charge in [-0.15, -0.1) is 0 Å². The highest BCUT2D eigenvalue weighted by Gasteiger charge is 2.23. The zero-order valence-electron chi connectivity index (χ0n) is 18.1. The Hall–Kier alpha value is -4.14. The average Bonchev–Trinajstić information content (AvgIpc) is 2.83. The maximum atomic E-state index is 13.2. The van der Waals surface area contributed by atoms with Gasteiger partial charge in [0.1, 0.15) is 17.8 Å². The summed E-state index contributed by atoms with van der Waals surface area (Å²) in [5.41, 5.74) is 0.783. The van der Waals surface area contributed by atoms with Crippen LogP contribution in [0.1, 0.15) is 32.4 Å². The first kappa shape index (κ1) is 23.5. The number of amides is 2. The highest BCUT2D eigenvalue weighted by Crippen LogP contribution is 2.39.